The van der Waals surface area contributed by atoms with Gasteiger partial charge in [-0.15, -0.1) is 0 Å². The smallest absolute Gasteiger partial charge is 0.375 e. The van der Waals surface area contributed by atoms with Gasteiger partial charge in [0.1, 0.15) is 0 Å². The van der Waals surface area contributed by atoms with Crippen molar-refractivity contribution in [2.75, 3.05) is 0 Å². The summed E-state index contributed by atoms with van der Waals surface area (Å²) in [4.78, 5) is 0. The number of rotatable bonds is 6. The highest BCUT2D eigenvalue weighted by atomic mass is 79.9. The van der Waals surface area contributed by atoms with Gasteiger partial charge in [-0.1, -0.05) is 74.6 Å². The van der Waals surface area contributed by atoms with Crippen LogP contribution in [0.4, 0.5) is 13.2 Å². The number of aryl methyl sites for hydroxylation is 1. The summed E-state index contributed by atoms with van der Waals surface area (Å²) in [5.41, 5.74) is -2.44. The zero-order valence-corrected chi connectivity index (χ0v) is 31.8. The van der Waals surface area contributed by atoms with Crippen molar-refractivity contribution in [2.24, 2.45) is 0 Å². The van der Waals surface area contributed by atoms with Crippen LogP contribution in [0.3, 0.4) is 0 Å². The lowest BCUT2D eigenvalue weighted by Gasteiger charge is -2.13. The van der Waals surface area contributed by atoms with E-state index >= 15 is 0 Å². The Morgan fingerprint density at radius 2 is 1.09 bits per heavy atom. The molecule has 4 aromatic carbocycles. The van der Waals surface area contributed by atoms with Gasteiger partial charge in [-0.3, -0.25) is 0 Å². The Kier molecular flexibility index (Phi) is 13.9. The first kappa shape index (κ1) is 37.4. The summed E-state index contributed by atoms with van der Waals surface area (Å²) < 4.78 is 66.3. The average molecular weight is 894 g/mol. The van der Waals surface area contributed by atoms with Crippen LogP contribution in [-0.2, 0) is 10.1 Å². The topological polar surface area (TPSA) is 43.4 Å². The monoisotopic (exact) mass is 890 g/mol. The summed E-state index contributed by atoms with van der Waals surface area (Å²) >= 11 is 13.9. The molecule has 4 aromatic rings. The van der Waals surface area contributed by atoms with E-state index in [4.69, 9.17) is 0 Å². The number of unbranched alkanes of at least 4 members (excludes halogenated alkanes) is 4. The Morgan fingerprint density at radius 3 is 1.56 bits per heavy atom. The van der Waals surface area contributed by atoms with Crippen LogP contribution in [0.25, 0.3) is 21.5 Å². The molecule has 0 aliphatic heterocycles. The zero-order chi connectivity index (χ0) is 33.4. The lowest BCUT2D eigenvalue weighted by Crippen LogP contribution is -2.28. The van der Waals surface area contributed by atoms with Crippen molar-refractivity contribution in [1.82, 2.24) is 0 Å². The largest absolute Gasteiger partial charge is 0.534 e. The number of hydrogen-bond acceptors (Lipinski definition) is 3. The quantitative estimate of drug-likeness (QED) is 0.0838. The van der Waals surface area contributed by atoms with E-state index in [9.17, 15) is 21.6 Å². The van der Waals surface area contributed by atoms with Crippen molar-refractivity contribution in [3.63, 3.8) is 0 Å². The molecular weight excluding hydrogens is 865 g/mol. The fourth-order valence-corrected chi connectivity index (χ4v) is 6.79. The minimum Gasteiger partial charge on any atom is -0.375 e. The Balaban J connectivity index is 0.000000248. The second-order valence-electron chi connectivity index (χ2n) is 9.91. The second-order valence-corrected chi connectivity index (χ2v) is 14.6. The van der Waals surface area contributed by atoms with Crippen molar-refractivity contribution >= 4 is 95.4 Å². The highest BCUT2D eigenvalue weighted by Crippen LogP contribution is 2.39. The molecule has 0 bridgehead atoms. The van der Waals surface area contributed by atoms with Crippen LogP contribution in [0, 0.1) is 30.6 Å². The maximum Gasteiger partial charge on any atom is 0.534 e. The van der Waals surface area contributed by atoms with E-state index in [1.807, 2.05) is 6.92 Å². The molecule has 0 radical (unpaired) electrons. The molecule has 0 amide bonds. The summed E-state index contributed by atoms with van der Waals surface area (Å²) in [7, 11) is -5.70. The SMILES string of the molecule is CCCCC#Cc1ccc2c(Br)c(C#CCCCC)ccc2c1Br.Cc1ccc2c(Br)c(OS(=O)(=O)C(F)(F)F)ccc2c1Br. The highest BCUT2D eigenvalue weighted by Gasteiger charge is 2.48. The summed E-state index contributed by atoms with van der Waals surface area (Å²) in [5.74, 6) is 12.7. The van der Waals surface area contributed by atoms with Gasteiger partial charge in [-0.05, 0) is 129 Å². The average Bonchev–Trinajstić information content (AvgIpc) is 2.98. The van der Waals surface area contributed by atoms with Gasteiger partial charge in [-0.2, -0.15) is 21.6 Å². The molecule has 0 saturated heterocycles. The fraction of sp³-hybridized carbons (Fsp3) is 0.294. The third-order valence-electron chi connectivity index (χ3n) is 6.54. The van der Waals surface area contributed by atoms with Crippen LogP contribution in [0.5, 0.6) is 5.75 Å². The summed E-state index contributed by atoms with van der Waals surface area (Å²) in [5, 5.41) is 3.59. The molecular formula is C34H29Br4F3O3S. The number of fused-ring (bicyclic) bond motifs is 2. The number of alkyl halides is 3. The van der Waals surface area contributed by atoms with Crippen LogP contribution < -0.4 is 4.18 Å². The van der Waals surface area contributed by atoms with Gasteiger partial charge in [0.15, 0.2) is 5.75 Å². The molecule has 0 N–H and O–H groups in total. The van der Waals surface area contributed by atoms with Gasteiger partial charge >= 0.3 is 15.6 Å². The first-order chi connectivity index (χ1) is 21.2. The van der Waals surface area contributed by atoms with Crippen molar-refractivity contribution in [2.45, 2.75) is 64.8 Å². The van der Waals surface area contributed by atoms with Crippen LogP contribution >= 0.6 is 63.7 Å². The molecule has 3 nitrogen and oxygen atoms in total. The maximum absolute atomic E-state index is 12.3. The third kappa shape index (κ3) is 9.51. The standard InChI is InChI=1S/C22H22Br2.C12H7Br2F3O3S/c1-3-5-7-9-11-17-13-15-20-19(21(17)23)16-14-18(22(20)24)12-10-8-6-4-2;1-6-2-3-8-7(10(6)13)4-5-9(11(8)14)20-21(18,19)12(15,16)17/h13-16H,3-8H2,1-2H3;2-5H,1H3. The molecule has 0 unspecified atom stereocenters. The number of benzene rings is 4. The molecule has 0 saturated carbocycles. The molecule has 0 fully saturated rings. The molecule has 238 valence electrons. The molecule has 0 aliphatic carbocycles. The van der Waals surface area contributed by atoms with E-state index in [1.165, 1.54) is 35.7 Å². The first-order valence-electron chi connectivity index (χ1n) is 14.0. The Bertz CT molecular complexity index is 1860. The third-order valence-corrected chi connectivity index (χ3v) is 11.1. The Morgan fingerprint density at radius 1 is 0.667 bits per heavy atom. The Hall–Kier alpha value is -2.02. The molecule has 0 aromatic heterocycles. The van der Waals surface area contributed by atoms with E-state index < -0.39 is 21.4 Å². The number of hydrogen-bond donors (Lipinski definition) is 0. The molecule has 4 rings (SSSR count). The van der Waals surface area contributed by atoms with Gasteiger partial charge in [0, 0.05) is 42.8 Å². The van der Waals surface area contributed by atoms with Crippen molar-refractivity contribution in [3.05, 3.63) is 83.1 Å². The fourth-order valence-electron chi connectivity index (χ4n) is 4.02. The maximum atomic E-state index is 12.3. The summed E-state index contributed by atoms with van der Waals surface area (Å²) in [6, 6.07) is 14.5. The van der Waals surface area contributed by atoms with Crippen molar-refractivity contribution < 1.29 is 25.8 Å². The molecule has 0 aliphatic rings. The van der Waals surface area contributed by atoms with E-state index in [1.54, 1.807) is 12.1 Å². The minimum absolute atomic E-state index is 0.133. The van der Waals surface area contributed by atoms with Gasteiger partial charge in [0.05, 0.1) is 4.47 Å². The van der Waals surface area contributed by atoms with Gasteiger partial charge in [-0.25, -0.2) is 0 Å². The predicted octanol–water partition coefficient (Wildman–Crippen LogP) is 12.3. The summed E-state index contributed by atoms with van der Waals surface area (Å²) in [6.07, 6.45) is 6.59. The molecule has 0 spiro atoms. The molecule has 11 heteroatoms. The predicted molar refractivity (Wildman–Crippen MR) is 192 cm³/mol. The van der Waals surface area contributed by atoms with Crippen molar-refractivity contribution in [3.8, 4) is 29.4 Å². The lowest BCUT2D eigenvalue weighted by atomic mass is 10.0. The second kappa shape index (κ2) is 16.7. The van der Waals surface area contributed by atoms with Crippen LogP contribution in [-0.4, -0.2) is 13.9 Å². The van der Waals surface area contributed by atoms with Gasteiger partial charge < -0.3 is 4.18 Å². The Labute approximate surface area is 296 Å². The van der Waals surface area contributed by atoms with Crippen molar-refractivity contribution in [1.29, 1.82) is 0 Å². The molecule has 0 atom stereocenters. The highest BCUT2D eigenvalue weighted by molar-refractivity contribution is 9.11. The first-order valence-corrected chi connectivity index (χ1v) is 18.6. The van der Waals surface area contributed by atoms with Crippen LogP contribution in [0.15, 0.2) is 66.4 Å². The minimum atomic E-state index is -5.70. The van der Waals surface area contributed by atoms with E-state index in [0.717, 1.165) is 61.2 Å². The summed E-state index contributed by atoms with van der Waals surface area (Å²) in [6.45, 7) is 6.23. The van der Waals surface area contributed by atoms with E-state index in [2.05, 4.69) is 130 Å². The molecule has 45 heavy (non-hydrogen) atoms. The zero-order valence-electron chi connectivity index (χ0n) is 24.6. The van der Waals surface area contributed by atoms with Crippen LogP contribution in [0.1, 0.15) is 69.1 Å². The lowest BCUT2D eigenvalue weighted by molar-refractivity contribution is -0.0500. The normalized spacial score (nSPS) is 11.2. The van der Waals surface area contributed by atoms with Gasteiger partial charge in [0.25, 0.3) is 0 Å². The van der Waals surface area contributed by atoms with E-state index in [0.29, 0.717) is 5.39 Å². The van der Waals surface area contributed by atoms with Gasteiger partial charge in [0.2, 0.25) is 0 Å². The number of halogens is 7. The van der Waals surface area contributed by atoms with Crippen LogP contribution in [0.2, 0.25) is 0 Å². The van der Waals surface area contributed by atoms with E-state index in [-0.39, 0.29) is 4.47 Å². The molecule has 0 heterocycles.